The molecule has 0 amide bonds. The van der Waals surface area contributed by atoms with Crippen molar-refractivity contribution in [2.24, 2.45) is 17.8 Å². The molecule has 0 aromatic rings. The van der Waals surface area contributed by atoms with Crippen molar-refractivity contribution < 1.29 is 5.11 Å². The van der Waals surface area contributed by atoms with Gasteiger partial charge in [0.1, 0.15) is 0 Å². The van der Waals surface area contributed by atoms with Gasteiger partial charge in [0, 0.05) is 0 Å². The van der Waals surface area contributed by atoms with Crippen LogP contribution in [0.15, 0.2) is 0 Å². The Balaban J connectivity index is 2.61. The van der Waals surface area contributed by atoms with Crippen molar-refractivity contribution >= 4 is 0 Å². The number of aliphatic hydroxyl groups is 1. The molecule has 1 N–H and O–H groups in total. The van der Waals surface area contributed by atoms with Crippen LogP contribution in [0.3, 0.4) is 0 Å². The standard InChI is InChI=1S/C13H26O/c1-5-10(2)9-13(14)8-6-7-11(3)12(13)4/h10-12,14H,5-9H2,1-4H3. The SMILES string of the molecule is CCC(C)CC1(O)CCCC(C)C1C. The molecule has 0 spiro atoms. The molecule has 1 aliphatic rings. The molecule has 84 valence electrons. The van der Waals surface area contributed by atoms with Crippen LogP contribution in [0.5, 0.6) is 0 Å². The minimum atomic E-state index is -0.368. The summed E-state index contributed by atoms with van der Waals surface area (Å²) >= 11 is 0. The lowest BCUT2D eigenvalue weighted by molar-refractivity contribution is -0.0781. The Morgan fingerprint density at radius 1 is 1.43 bits per heavy atom. The van der Waals surface area contributed by atoms with Crippen LogP contribution in [0.4, 0.5) is 0 Å². The lowest BCUT2D eigenvalue weighted by Crippen LogP contribution is -2.44. The molecule has 4 unspecified atom stereocenters. The number of hydrogen-bond acceptors (Lipinski definition) is 1. The second-order valence-corrected chi connectivity index (χ2v) is 5.48. The first-order valence-corrected chi connectivity index (χ1v) is 6.22. The Labute approximate surface area is 88.9 Å². The van der Waals surface area contributed by atoms with Gasteiger partial charge in [0.25, 0.3) is 0 Å². The predicted molar refractivity (Wildman–Crippen MR) is 61.2 cm³/mol. The summed E-state index contributed by atoms with van der Waals surface area (Å²) in [6.45, 7) is 8.98. The Bertz CT molecular complexity index is 178. The Morgan fingerprint density at radius 2 is 2.07 bits per heavy atom. The lowest BCUT2D eigenvalue weighted by atomic mass is 9.67. The van der Waals surface area contributed by atoms with E-state index in [4.69, 9.17) is 0 Å². The van der Waals surface area contributed by atoms with Gasteiger partial charge in [-0.2, -0.15) is 0 Å². The van der Waals surface area contributed by atoms with Gasteiger partial charge in [-0.3, -0.25) is 0 Å². The molecule has 1 fully saturated rings. The Morgan fingerprint density at radius 3 is 2.64 bits per heavy atom. The van der Waals surface area contributed by atoms with Crippen molar-refractivity contribution in [2.75, 3.05) is 0 Å². The smallest absolute Gasteiger partial charge is 0.0678 e. The predicted octanol–water partition coefficient (Wildman–Crippen LogP) is 3.61. The molecule has 4 atom stereocenters. The average Bonchev–Trinajstić information content (AvgIpc) is 2.14. The molecule has 0 aromatic heterocycles. The normalized spacial score (nSPS) is 40.9. The van der Waals surface area contributed by atoms with E-state index in [0.29, 0.717) is 17.8 Å². The van der Waals surface area contributed by atoms with Gasteiger partial charge in [0.15, 0.2) is 0 Å². The highest BCUT2D eigenvalue weighted by molar-refractivity contribution is 4.91. The molecular formula is C13H26O. The second-order valence-electron chi connectivity index (χ2n) is 5.48. The van der Waals surface area contributed by atoms with Crippen molar-refractivity contribution in [2.45, 2.75) is 65.4 Å². The van der Waals surface area contributed by atoms with Gasteiger partial charge >= 0.3 is 0 Å². The molecule has 1 rings (SSSR count). The summed E-state index contributed by atoms with van der Waals surface area (Å²) in [5, 5.41) is 10.6. The van der Waals surface area contributed by atoms with Crippen molar-refractivity contribution in [1.82, 2.24) is 0 Å². The zero-order valence-electron chi connectivity index (χ0n) is 10.2. The number of hydrogen-bond donors (Lipinski definition) is 1. The molecule has 1 nitrogen and oxygen atoms in total. The third-order valence-electron chi connectivity index (χ3n) is 4.37. The third kappa shape index (κ3) is 2.50. The zero-order chi connectivity index (χ0) is 10.8. The zero-order valence-corrected chi connectivity index (χ0v) is 10.2. The maximum atomic E-state index is 10.6. The maximum Gasteiger partial charge on any atom is 0.0678 e. The van der Waals surface area contributed by atoms with Crippen LogP contribution >= 0.6 is 0 Å². The third-order valence-corrected chi connectivity index (χ3v) is 4.37. The molecule has 0 aromatic carbocycles. The van der Waals surface area contributed by atoms with E-state index in [9.17, 15) is 5.11 Å². The van der Waals surface area contributed by atoms with E-state index in [2.05, 4.69) is 27.7 Å². The molecular weight excluding hydrogens is 172 g/mol. The van der Waals surface area contributed by atoms with Gasteiger partial charge in [-0.05, 0) is 30.6 Å². The molecule has 0 bridgehead atoms. The first-order valence-electron chi connectivity index (χ1n) is 6.22. The van der Waals surface area contributed by atoms with Crippen LogP contribution in [-0.2, 0) is 0 Å². The minimum Gasteiger partial charge on any atom is -0.390 e. The fourth-order valence-electron chi connectivity index (χ4n) is 2.77. The molecule has 1 saturated carbocycles. The van der Waals surface area contributed by atoms with Crippen molar-refractivity contribution in [1.29, 1.82) is 0 Å². The van der Waals surface area contributed by atoms with Gasteiger partial charge in [0.05, 0.1) is 5.60 Å². The van der Waals surface area contributed by atoms with Gasteiger partial charge < -0.3 is 5.11 Å². The van der Waals surface area contributed by atoms with Crippen LogP contribution in [0.1, 0.15) is 59.8 Å². The highest BCUT2D eigenvalue weighted by Crippen LogP contribution is 2.41. The highest BCUT2D eigenvalue weighted by Gasteiger charge is 2.40. The quantitative estimate of drug-likeness (QED) is 0.734. The summed E-state index contributed by atoms with van der Waals surface area (Å²) in [4.78, 5) is 0. The van der Waals surface area contributed by atoms with Crippen LogP contribution in [0, 0.1) is 17.8 Å². The van der Waals surface area contributed by atoms with Crippen LogP contribution < -0.4 is 0 Å². The highest BCUT2D eigenvalue weighted by atomic mass is 16.3. The monoisotopic (exact) mass is 198 g/mol. The largest absolute Gasteiger partial charge is 0.390 e. The summed E-state index contributed by atoms with van der Waals surface area (Å²) < 4.78 is 0. The average molecular weight is 198 g/mol. The fraction of sp³-hybridized carbons (Fsp3) is 1.00. The summed E-state index contributed by atoms with van der Waals surface area (Å²) in [5.74, 6) is 1.83. The molecule has 0 radical (unpaired) electrons. The first kappa shape index (κ1) is 12.0. The van der Waals surface area contributed by atoms with Crippen molar-refractivity contribution in [3.8, 4) is 0 Å². The first-order chi connectivity index (χ1) is 6.49. The minimum absolute atomic E-state index is 0.368. The summed E-state index contributed by atoms with van der Waals surface area (Å²) in [7, 11) is 0. The van der Waals surface area contributed by atoms with E-state index in [-0.39, 0.29) is 5.60 Å². The van der Waals surface area contributed by atoms with Crippen LogP contribution in [0.25, 0.3) is 0 Å². The van der Waals surface area contributed by atoms with E-state index in [1.807, 2.05) is 0 Å². The second kappa shape index (κ2) is 4.65. The van der Waals surface area contributed by atoms with E-state index in [1.54, 1.807) is 0 Å². The molecule has 14 heavy (non-hydrogen) atoms. The topological polar surface area (TPSA) is 20.2 Å². The van der Waals surface area contributed by atoms with Gasteiger partial charge in [-0.25, -0.2) is 0 Å². The summed E-state index contributed by atoms with van der Waals surface area (Å²) in [5.41, 5.74) is -0.368. The maximum absolute atomic E-state index is 10.6. The lowest BCUT2D eigenvalue weighted by Gasteiger charge is -2.43. The van der Waals surface area contributed by atoms with E-state index < -0.39 is 0 Å². The molecule has 0 aliphatic heterocycles. The van der Waals surface area contributed by atoms with Crippen molar-refractivity contribution in [3.63, 3.8) is 0 Å². The molecule has 0 heterocycles. The Kier molecular flexibility index (Phi) is 4.00. The molecule has 0 saturated heterocycles. The molecule has 1 heteroatoms. The molecule has 1 aliphatic carbocycles. The van der Waals surface area contributed by atoms with Crippen molar-refractivity contribution in [3.05, 3.63) is 0 Å². The van der Waals surface area contributed by atoms with E-state index in [1.165, 1.54) is 19.3 Å². The van der Waals surface area contributed by atoms with Gasteiger partial charge in [-0.1, -0.05) is 47.0 Å². The van der Waals surface area contributed by atoms with E-state index >= 15 is 0 Å². The summed E-state index contributed by atoms with van der Waals surface area (Å²) in [6.07, 6.45) is 5.70. The van der Waals surface area contributed by atoms with E-state index in [0.717, 1.165) is 12.8 Å². The van der Waals surface area contributed by atoms with Gasteiger partial charge in [-0.15, -0.1) is 0 Å². The Hall–Kier alpha value is -0.0400. The summed E-state index contributed by atoms with van der Waals surface area (Å²) in [6, 6.07) is 0. The van der Waals surface area contributed by atoms with Crippen LogP contribution in [0.2, 0.25) is 0 Å². The number of rotatable bonds is 3. The van der Waals surface area contributed by atoms with Gasteiger partial charge in [0.2, 0.25) is 0 Å². The van der Waals surface area contributed by atoms with Crippen LogP contribution in [-0.4, -0.2) is 10.7 Å². The fourth-order valence-corrected chi connectivity index (χ4v) is 2.77.